The predicted molar refractivity (Wildman–Crippen MR) is 78.8 cm³/mol. The molecule has 0 radical (unpaired) electrons. The Morgan fingerprint density at radius 1 is 1.16 bits per heavy atom. The Balaban J connectivity index is 0.00000324. The standard InChI is InChI=1S/C14H20N2O2.ClH/c1-15-10-11-16(2)14(18)9-8-13(17)12-6-4-3-5-7-12;/h3-7,15H,8-11H2,1-2H3;1H. The average molecular weight is 285 g/mol. The van der Waals surface area contributed by atoms with E-state index in [1.165, 1.54) is 0 Å². The molecule has 0 atom stereocenters. The van der Waals surface area contributed by atoms with Gasteiger partial charge in [0.1, 0.15) is 0 Å². The summed E-state index contributed by atoms with van der Waals surface area (Å²) in [5.74, 6) is 0.0282. The molecule has 0 aliphatic heterocycles. The normalized spacial score (nSPS) is 9.58. The van der Waals surface area contributed by atoms with Gasteiger partial charge in [0.15, 0.2) is 5.78 Å². The Bertz CT molecular complexity index is 396. The lowest BCUT2D eigenvalue weighted by Gasteiger charge is -2.16. The van der Waals surface area contributed by atoms with Gasteiger partial charge in [-0.2, -0.15) is 0 Å². The number of amides is 1. The minimum atomic E-state index is 0. The summed E-state index contributed by atoms with van der Waals surface area (Å²) < 4.78 is 0. The highest BCUT2D eigenvalue weighted by Crippen LogP contribution is 2.06. The number of carbonyl (C=O) groups is 2. The lowest BCUT2D eigenvalue weighted by atomic mass is 10.1. The molecule has 1 amide bonds. The molecule has 0 heterocycles. The molecule has 4 nitrogen and oxygen atoms in total. The number of Topliss-reactive ketones (excluding diaryl/α,β-unsaturated/α-hetero) is 1. The maximum absolute atomic E-state index is 11.8. The molecule has 0 bridgehead atoms. The van der Waals surface area contributed by atoms with Crippen molar-refractivity contribution in [2.45, 2.75) is 12.8 Å². The van der Waals surface area contributed by atoms with Crippen LogP contribution in [0.2, 0.25) is 0 Å². The maximum atomic E-state index is 11.8. The Morgan fingerprint density at radius 3 is 2.37 bits per heavy atom. The van der Waals surface area contributed by atoms with Crippen LogP contribution in [0.25, 0.3) is 0 Å². The number of nitrogens with zero attached hydrogens (tertiary/aromatic N) is 1. The molecule has 0 unspecified atom stereocenters. The van der Waals surface area contributed by atoms with E-state index in [0.717, 1.165) is 6.54 Å². The Morgan fingerprint density at radius 2 is 1.79 bits per heavy atom. The highest BCUT2D eigenvalue weighted by atomic mass is 35.5. The molecule has 5 heteroatoms. The highest BCUT2D eigenvalue weighted by Gasteiger charge is 2.11. The molecule has 1 aromatic rings. The van der Waals surface area contributed by atoms with Crippen LogP contribution in [0.5, 0.6) is 0 Å². The van der Waals surface area contributed by atoms with Gasteiger partial charge in [0, 0.05) is 38.5 Å². The fourth-order valence-electron chi connectivity index (χ4n) is 1.58. The van der Waals surface area contributed by atoms with Crippen molar-refractivity contribution in [2.24, 2.45) is 0 Å². The summed E-state index contributed by atoms with van der Waals surface area (Å²) >= 11 is 0. The van der Waals surface area contributed by atoms with E-state index in [1.807, 2.05) is 25.2 Å². The van der Waals surface area contributed by atoms with Crippen LogP contribution in [0.4, 0.5) is 0 Å². The zero-order valence-electron chi connectivity index (χ0n) is 11.4. The molecule has 19 heavy (non-hydrogen) atoms. The molecule has 0 aliphatic carbocycles. The van der Waals surface area contributed by atoms with Crippen molar-refractivity contribution in [1.82, 2.24) is 10.2 Å². The second-order valence-electron chi connectivity index (χ2n) is 4.21. The molecule has 0 aliphatic rings. The fourth-order valence-corrected chi connectivity index (χ4v) is 1.58. The maximum Gasteiger partial charge on any atom is 0.222 e. The predicted octanol–water partition coefficient (Wildman–Crippen LogP) is 1.75. The fraction of sp³-hybridized carbons (Fsp3) is 0.429. The first-order valence-electron chi connectivity index (χ1n) is 6.12. The molecule has 1 N–H and O–H groups in total. The van der Waals surface area contributed by atoms with Gasteiger partial charge in [-0.3, -0.25) is 9.59 Å². The largest absolute Gasteiger partial charge is 0.344 e. The van der Waals surface area contributed by atoms with Crippen molar-refractivity contribution in [2.75, 3.05) is 27.2 Å². The van der Waals surface area contributed by atoms with Crippen molar-refractivity contribution in [1.29, 1.82) is 0 Å². The van der Waals surface area contributed by atoms with Crippen molar-refractivity contribution >= 4 is 24.1 Å². The molecule has 0 saturated carbocycles. The molecule has 0 fully saturated rings. The van der Waals surface area contributed by atoms with Crippen LogP contribution < -0.4 is 5.32 Å². The lowest BCUT2D eigenvalue weighted by Crippen LogP contribution is -2.32. The minimum absolute atomic E-state index is 0. The van der Waals surface area contributed by atoms with Gasteiger partial charge in [-0.05, 0) is 7.05 Å². The quantitative estimate of drug-likeness (QED) is 0.776. The summed E-state index contributed by atoms with van der Waals surface area (Å²) in [5.41, 5.74) is 0.670. The molecule has 0 saturated heterocycles. The Hall–Kier alpha value is -1.39. The molecule has 1 aromatic carbocycles. The number of hydrogen-bond acceptors (Lipinski definition) is 3. The summed E-state index contributed by atoms with van der Waals surface area (Å²) in [6.07, 6.45) is 0.542. The summed E-state index contributed by atoms with van der Waals surface area (Å²) in [6.45, 7) is 1.42. The first-order chi connectivity index (χ1) is 8.65. The number of likely N-dealkylation sites (N-methyl/N-ethyl adjacent to an activating group) is 2. The number of halogens is 1. The summed E-state index contributed by atoms with van der Waals surface area (Å²) in [7, 11) is 3.60. The highest BCUT2D eigenvalue weighted by molar-refractivity contribution is 5.97. The van der Waals surface area contributed by atoms with E-state index in [0.29, 0.717) is 12.1 Å². The number of ketones is 1. The van der Waals surface area contributed by atoms with Gasteiger partial charge in [-0.1, -0.05) is 30.3 Å². The van der Waals surface area contributed by atoms with E-state index in [2.05, 4.69) is 5.32 Å². The second kappa shape index (κ2) is 9.53. The second-order valence-corrected chi connectivity index (χ2v) is 4.21. The lowest BCUT2D eigenvalue weighted by molar-refractivity contribution is -0.129. The SMILES string of the molecule is CNCCN(C)C(=O)CCC(=O)c1ccccc1.Cl. The van der Waals surface area contributed by atoms with Gasteiger partial charge in [-0.25, -0.2) is 0 Å². The molecular formula is C14H21ClN2O2. The topological polar surface area (TPSA) is 49.4 Å². The Labute approximate surface area is 120 Å². The summed E-state index contributed by atoms with van der Waals surface area (Å²) in [4.78, 5) is 25.2. The smallest absolute Gasteiger partial charge is 0.222 e. The first-order valence-corrected chi connectivity index (χ1v) is 6.12. The van der Waals surface area contributed by atoms with E-state index in [1.54, 1.807) is 24.1 Å². The van der Waals surface area contributed by atoms with Crippen LogP contribution in [-0.2, 0) is 4.79 Å². The van der Waals surface area contributed by atoms with Crippen molar-refractivity contribution in [3.05, 3.63) is 35.9 Å². The van der Waals surface area contributed by atoms with E-state index in [4.69, 9.17) is 0 Å². The van der Waals surface area contributed by atoms with Crippen LogP contribution in [0.3, 0.4) is 0 Å². The number of hydrogen-bond donors (Lipinski definition) is 1. The molecular weight excluding hydrogens is 264 g/mol. The zero-order valence-corrected chi connectivity index (χ0v) is 12.2. The number of benzene rings is 1. The zero-order chi connectivity index (χ0) is 13.4. The third-order valence-electron chi connectivity index (χ3n) is 2.78. The van der Waals surface area contributed by atoms with Gasteiger partial charge >= 0.3 is 0 Å². The Kier molecular flexibility index (Phi) is 8.83. The van der Waals surface area contributed by atoms with Crippen LogP contribution in [0.15, 0.2) is 30.3 Å². The van der Waals surface area contributed by atoms with E-state index in [9.17, 15) is 9.59 Å². The number of nitrogens with one attached hydrogen (secondary N) is 1. The third kappa shape index (κ3) is 6.36. The molecule has 106 valence electrons. The number of carbonyl (C=O) groups excluding carboxylic acids is 2. The summed E-state index contributed by atoms with van der Waals surface area (Å²) in [5, 5.41) is 2.98. The molecule has 0 spiro atoms. The van der Waals surface area contributed by atoms with Gasteiger partial charge in [0.25, 0.3) is 0 Å². The molecule has 0 aromatic heterocycles. The first kappa shape index (κ1) is 17.6. The van der Waals surface area contributed by atoms with Crippen LogP contribution in [-0.4, -0.2) is 43.8 Å². The van der Waals surface area contributed by atoms with Crippen molar-refractivity contribution in [3.8, 4) is 0 Å². The van der Waals surface area contributed by atoms with Crippen LogP contribution in [0, 0.1) is 0 Å². The van der Waals surface area contributed by atoms with E-state index in [-0.39, 0.29) is 36.9 Å². The van der Waals surface area contributed by atoms with E-state index >= 15 is 0 Å². The van der Waals surface area contributed by atoms with Gasteiger partial charge < -0.3 is 10.2 Å². The van der Waals surface area contributed by atoms with Gasteiger partial charge in [-0.15, -0.1) is 12.4 Å². The average Bonchev–Trinajstić information content (AvgIpc) is 2.42. The minimum Gasteiger partial charge on any atom is -0.344 e. The monoisotopic (exact) mass is 284 g/mol. The summed E-state index contributed by atoms with van der Waals surface area (Å²) in [6, 6.07) is 9.07. The van der Waals surface area contributed by atoms with Crippen molar-refractivity contribution in [3.63, 3.8) is 0 Å². The third-order valence-corrected chi connectivity index (χ3v) is 2.78. The van der Waals surface area contributed by atoms with Crippen LogP contribution in [0.1, 0.15) is 23.2 Å². The number of rotatable bonds is 7. The van der Waals surface area contributed by atoms with E-state index < -0.39 is 0 Å². The van der Waals surface area contributed by atoms with Gasteiger partial charge in [0.05, 0.1) is 0 Å². The van der Waals surface area contributed by atoms with Crippen LogP contribution >= 0.6 is 12.4 Å². The van der Waals surface area contributed by atoms with Gasteiger partial charge in [0.2, 0.25) is 5.91 Å². The van der Waals surface area contributed by atoms with Crippen molar-refractivity contribution < 1.29 is 9.59 Å². The molecule has 1 rings (SSSR count).